The summed E-state index contributed by atoms with van der Waals surface area (Å²) >= 11 is 6.15. The molecule has 3 aromatic carbocycles. The fourth-order valence-corrected chi connectivity index (χ4v) is 2.74. The van der Waals surface area contributed by atoms with E-state index in [-0.39, 0.29) is 5.78 Å². The molecule has 0 amide bonds. The zero-order valence-electron chi connectivity index (χ0n) is 12.0. The Balaban J connectivity index is 2.21. The van der Waals surface area contributed by atoms with Crippen LogP contribution in [0.4, 0.5) is 0 Å². The average Bonchev–Trinajstić information content (AvgIpc) is 2.49. The van der Waals surface area contributed by atoms with E-state index in [0.29, 0.717) is 10.6 Å². The number of fused-ring (bicyclic) bond motifs is 1. The Kier molecular flexibility index (Phi) is 3.52. The van der Waals surface area contributed by atoms with Crippen molar-refractivity contribution in [1.82, 2.24) is 0 Å². The van der Waals surface area contributed by atoms with Gasteiger partial charge < -0.3 is 0 Å². The molecule has 3 rings (SSSR count). The highest BCUT2D eigenvalue weighted by molar-refractivity contribution is 6.32. The van der Waals surface area contributed by atoms with Gasteiger partial charge in [-0.05, 0) is 41.8 Å². The van der Waals surface area contributed by atoms with Gasteiger partial charge in [-0.1, -0.05) is 60.1 Å². The minimum absolute atomic E-state index is 0.0196. The monoisotopic (exact) mass is 294 g/mol. The van der Waals surface area contributed by atoms with Crippen molar-refractivity contribution < 1.29 is 4.79 Å². The van der Waals surface area contributed by atoms with Gasteiger partial charge in [-0.3, -0.25) is 4.79 Å². The Bertz CT molecular complexity index is 849. The molecular weight excluding hydrogens is 280 g/mol. The molecular formula is C19H15ClO. The molecule has 0 aliphatic carbocycles. The Morgan fingerprint density at radius 2 is 1.62 bits per heavy atom. The number of hydrogen-bond donors (Lipinski definition) is 0. The highest BCUT2D eigenvalue weighted by atomic mass is 35.5. The van der Waals surface area contributed by atoms with Gasteiger partial charge in [0.05, 0.1) is 0 Å². The van der Waals surface area contributed by atoms with Crippen LogP contribution >= 0.6 is 11.6 Å². The standard InChI is InChI=1S/C19H15ClO/c1-12-7-10-15(11-17(12)20)19(21)18-13(2)8-9-14-5-3-4-6-16(14)18/h3-11H,1-2H3. The van der Waals surface area contributed by atoms with Gasteiger partial charge in [0, 0.05) is 16.1 Å². The molecule has 0 aliphatic heterocycles. The molecule has 0 fully saturated rings. The fraction of sp³-hybridized carbons (Fsp3) is 0.105. The molecule has 2 heteroatoms. The van der Waals surface area contributed by atoms with Crippen LogP contribution in [0.3, 0.4) is 0 Å². The molecule has 0 atom stereocenters. The molecule has 0 saturated carbocycles. The van der Waals surface area contributed by atoms with Gasteiger partial charge in [0.25, 0.3) is 0 Å². The quantitative estimate of drug-likeness (QED) is 0.583. The van der Waals surface area contributed by atoms with E-state index in [0.717, 1.165) is 27.5 Å². The van der Waals surface area contributed by atoms with Crippen molar-refractivity contribution in [2.45, 2.75) is 13.8 Å². The predicted molar refractivity (Wildman–Crippen MR) is 88.3 cm³/mol. The molecule has 21 heavy (non-hydrogen) atoms. The Labute approximate surface area is 129 Å². The number of aryl methyl sites for hydroxylation is 2. The van der Waals surface area contributed by atoms with E-state index in [1.165, 1.54) is 0 Å². The summed E-state index contributed by atoms with van der Waals surface area (Å²) < 4.78 is 0. The molecule has 0 N–H and O–H groups in total. The molecule has 0 aromatic heterocycles. The molecule has 0 radical (unpaired) electrons. The van der Waals surface area contributed by atoms with Crippen LogP contribution in [-0.2, 0) is 0 Å². The summed E-state index contributed by atoms with van der Waals surface area (Å²) in [7, 11) is 0. The van der Waals surface area contributed by atoms with Crippen LogP contribution < -0.4 is 0 Å². The van der Waals surface area contributed by atoms with Crippen LogP contribution in [-0.4, -0.2) is 5.78 Å². The van der Waals surface area contributed by atoms with Gasteiger partial charge in [0.1, 0.15) is 0 Å². The second kappa shape index (κ2) is 5.34. The third-order valence-electron chi connectivity index (χ3n) is 3.80. The van der Waals surface area contributed by atoms with E-state index < -0.39 is 0 Å². The first-order valence-electron chi connectivity index (χ1n) is 6.87. The van der Waals surface area contributed by atoms with Crippen LogP contribution in [0.1, 0.15) is 27.0 Å². The van der Waals surface area contributed by atoms with Crippen LogP contribution in [0.2, 0.25) is 5.02 Å². The minimum Gasteiger partial charge on any atom is -0.289 e. The second-order valence-corrected chi connectivity index (χ2v) is 5.68. The molecule has 104 valence electrons. The first-order valence-corrected chi connectivity index (χ1v) is 7.25. The summed E-state index contributed by atoms with van der Waals surface area (Å²) in [5, 5.41) is 2.68. The number of rotatable bonds is 2. The third kappa shape index (κ3) is 2.45. The fourth-order valence-electron chi connectivity index (χ4n) is 2.56. The smallest absolute Gasteiger partial charge is 0.193 e. The first-order chi connectivity index (χ1) is 10.1. The van der Waals surface area contributed by atoms with E-state index in [2.05, 4.69) is 0 Å². The maximum atomic E-state index is 12.9. The highest BCUT2D eigenvalue weighted by Gasteiger charge is 2.15. The molecule has 0 saturated heterocycles. The van der Waals surface area contributed by atoms with Crippen molar-refractivity contribution in [3.63, 3.8) is 0 Å². The number of carbonyl (C=O) groups excluding carboxylic acids is 1. The largest absolute Gasteiger partial charge is 0.289 e. The van der Waals surface area contributed by atoms with Crippen molar-refractivity contribution in [1.29, 1.82) is 0 Å². The van der Waals surface area contributed by atoms with E-state index in [1.807, 2.05) is 62.4 Å². The number of ketones is 1. The summed E-state index contributed by atoms with van der Waals surface area (Å²) in [6.45, 7) is 3.90. The van der Waals surface area contributed by atoms with Crippen molar-refractivity contribution in [2.24, 2.45) is 0 Å². The van der Waals surface area contributed by atoms with Gasteiger partial charge in [0.2, 0.25) is 0 Å². The van der Waals surface area contributed by atoms with Gasteiger partial charge in [-0.25, -0.2) is 0 Å². The lowest BCUT2D eigenvalue weighted by Gasteiger charge is -2.10. The van der Waals surface area contributed by atoms with Crippen LogP contribution in [0.25, 0.3) is 10.8 Å². The Hall–Kier alpha value is -2.12. The Morgan fingerprint density at radius 1 is 0.905 bits per heavy atom. The summed E-state index contributed by atoms with van der Waals surface area (Å²) in [4.78, 5) is 12.9. The maximum absolute atomic E-state index is 12.9. The molecule has 1 nitrogen and oxygen atoms in total. The first kappa shape index (κ1) is 13.8. The van der Waals surface area contributed by atoms with Crippen LogP contribution in [0, 0.1) is 13.8 Å². The summed E-state index contributed by atoms with van der Waals surface area (Å²) in [6.07, 6.45) is 0. The second-order valence-electron chi connectivity index (χ2n) is 5.27. The third-order valence-corrected chi connectivity index (χ3v) is 4.21. The van der Waals surface area contributed by atoms with Crippen molar-refractivity contribution in [2.75, 3.05) is 0 Å². The van der Waals surface area contributed by atoms with Gasteiger partial charge in [-0.15, -0.1) is 0 Å². The number of halogens is 1. The lowest BCUT2D eigenvalue weighted by molar-refractivity contribution is 0.104. The van der Waals surface area contributed by atoms with E-state index in [4.69, 9.17) is 11.6 Å². The van der Waals surface area contributed by atoms with E-state index in [9.17, 15) is 4.79 Å². The average molecular weight is 295 g/mol. The van der Waals surface area contributed by atoms with Gasteiger partial charge in [0.15, 0.2) is 5.78 Å². The van der Waals surface area contributed by atoms with Gasteiger partial charge >= 0.3 is 0 Å². The van der Waals surface area contributed by atoms with Crippen LogP contribution in [0.15, 0.2) is 54.6 Å². The topological polar surface area (TPSA) is 17.1 Å². The molecule has 0 spiro atoms. The van der Waals surface area contributed by atoms with Crippen LogP contribution in [0.5, 0.6) is 0 Å². The molecule has 0 unspecified atom stereocenters. The predicted octanol–water partition coefficient (Wildman–Crippen LogP) is 5.34. The minimum atomic E-state index is 0.0196. The van der Waals surface area contributed by atoms with E-state index >= 15 is 0 Å². The highest BCUT2D eigenvalue weighted by Crippen LogP contribution is 2.26. The van der Waals surface area contributed by atoms with Crippen molar-refractivity contribution in [3.8, 4) is 0 Å². The van der Waals surface area contributed by atoms with Crippen molar-refractivity contribution in [3.05, 3.63) is 81.9 Å². The zero-order chi connectivity index (χ0) is 15.0. The Morgan fingerprint density at radius 3 is 2.38 bits per heavy atom. The summed E-state index contributed by atoms with van der Waals surface area (Å²) in [6, 6.07) is 17.5. The number of hydrogen-bond acceptors (Lipinski definition) is 1. The van der Waals surface area contributed by atoms with Gasteiger partial charge in [-0.2, -0.15) is 0 Å². The number of benzene rings is 3. The van der Waals surface area contributed by atoms with E-state index in [1.54, 1.807) is 6.07 Å². The lowest BCUT2D eigenvalue weighted by Crippen LogP contribution is -2.05. The number of carbonyl (C=O) groups is 1. The molecule has 0 bridgehead atoms. The maximum Gasteiger partial charge on any atom is 0.193 e. The van der Waals surface area contributed by atoms with Crippen molar-refractivity contribution >= 4 is 28.2 Å². The SMILES string of the molecule is Cc1ccc(C(=O)c2c(C)ccc3ccccc23)cc1Cl. The molecule has 3 aromatic rings. The lowest BCUT2D eigenvalue weighted by atomic mass is 9.93. The zero-order valence-corrected chi connectivity index (χ0v) is 12.7. The summed E-state index contributed by atoms with van der Waals surface area (Å²) in [5.41, 5.74) is 3.34. The molecule has 0 aliphatic rings. The molecule has 0 heterocycles. The summed E-state index contributed by atoms with van der Waals surface area (Å²) in [5.74, 6) is 0.0196. The normalized spacial score (nSPS) is 10.8.